The van der Waals surface area contributed by atoms with Gasteiger partial charge in [-0.25, -0.2) is 4.79 Å². The molecule has 0 aromatic heterocycles. The van der Waals surface area contributed by atoms with Crippen molar-refractivity contribution in [1.82, 2.24) is 9.80 Å². The van der Waals surface area contributed by atoms with E-state index < -0.39 is 0 Å². The topological polar surface area (TPSA) is 68.3 Å². The summed E-state index contributed by atoms with van der Waals surface area (Å²) in [4.78, 5) is 27.9. The fourth-order valence-corrected chi connectivity index (χ4v) is 2.98. The maximum Gasteiger partial charge on any atom is 0.410 e. The van der Waals surface area contributed by atoms with E-state index in [1.165, 1.54) is 0 Å². The zero-order valence-corrected chi connectivity index (χ0v) is 16.6. The molecule has 0 aliphatic carbocycles. The average Bonchev–Trinajstić information content (AvgIpc) is 2.78. The predicted octanol–water partition coefficient (Wildman–Crippen LogP) is 2.95. The summed E-state index contributed by atoms with van der Waals surface area (Å²) in [6.45, 7) is 4.56. The molecule has 3 rings (SSSR count). The highest BCUT2D eigenvalue weighted by Gasteiger charge is 2.25. The van der Waals surface area contributed by atoms with Gasteiger partial charge in [0.05, 0.1) is 6.61 Å². The van der Waals surface area contributed by atoms with E-state index >= 15 is 0 Å². The van der Waals surface area contributed by atoms with Crippen LogP contribution in [-0.4, -0.2) is 61.2 Å². The molecule has 0 bridgehead atoms. The predicted molar refractivity (Wildman–Crippen MR) is 108 cm³/mol. The van der Waals surface area contributed by atoms with Crippen LogP contribution in [0.2, 0.25) is 0 Å². The molecule has 0 unspecified atom stereocenters. The van der Waals surface area contributed by atoms with Gasteiger partial charge in [-0.1, -0.05) is 30.3 Å². The normalized spacial score (nSPS) is 13.7. The zero-order chi connectivity index (χ0) is 20.5. The van der Waals surface area contributed by atoms with E-state index in [0.717, 1.165) is 11.3 Å². The van der Waals surface area contributed by atoms with Crippen LogP contribution in [0.25, 0.3) is 0 Å². The first-order chi connectivity index (χ1) is 14.2. The molecule has 1 fully saturated rings. The molecule has 1 aliphatic heterocycles. The van der Waals surface area contributed by atoms with Crippen LogP contribution in [-0.2, 0) is 16.1 Å². The summed E-state index contributed by atoms with van der Waals surface area (Å²) in [5.41, 5.74) is 0.945. The lowest BCUT2D eigenvalue weighted by atomic mass is 10.2. The number of hydrogen-bond acceptors (Lipinski definition) is 5. The van der Waals surface area contributed by atoms with Crippen molar-refractivity contribution in [1.29, 1.82) is 0 Å². The highest BCUT2D eigenvalue weighted by atomic mass is 16.6. The van der Waals surface area contributed by atoms with Gasteiger partial charge in [0.15, 0.2) is 6.61 Å². The minimum Gasteiger partial charge on any atom is -0.494 e. The Bertz CT molecular complexity index is 787. The first-order valence-corrected chi connectivity index (χ1v) is 9.75. The van der Waals surface area contributed by atoms with Gasteiger partial charge in [-0.15, -0.1) is 0 Å². The average molecular weight is 398 g/mol. The van der Waals surface area contributed by atoms with Gasteiger partial charge in [-0.2, -0.15) is 0 Å². The maximum atomic E-state index is 12.4. The Morgan fingerprint density at radius 1 is 0.828 bits per heavy atom. The van der Waals surface area contributed by atoms with Crippen LogP contribution < -0.4 is 9.47 Å². The number of carbonyl (C=O) groups excluding carboxylic acids is 2. The second kappa shape index (κ2) is 10.4. The van der Waals surface area contributed by atoms with Crippen molar-refractivity contribution in [3.05, 3.63) is 60.2 Å². The summed E-state index contributed by atoms with van der Waals surface area (Å²) in [6, 6.07) is 16.7. The molecule has 0 N–H and O–H groups in total. The molecule has 0 radical (unpaired) electrons. The molecule has 0 atom stereocenters. The Labute approximate surface area is 170 Å². The molecule has 29 heavy (non-hydrogen) atoms. The van der Waals surface area contributed by atoms with Gasteiger partial charge in [-0.05, 0) is 36.8 Å². The van der Waals surface area contributed by atoms with Gasteiger partial charge in [0, 0.05) is 26.2 Å². The van der Waals surface area contributed by atoms with Gasteiger partial charge in [0.25, 0.3) is 5.91 Å². The summed E-state index contributed by atoms with van der Waals surface area (Å²) >= 11 is 0. The third kappa shape index (κ3) is 6.14. The summed E-state index contributed by atoms with van der Waals surface area (Å²) in [7, 11) is 0. The van der Waals surface area contributed by atoms with Gasteiger partial charge in [0.2, 0.25) is 0 Å². The Kier molecular flexibility index (Phi) is 7.33. The SMILES string of the molecule is CCOc1ccc(OCC(=O)N2CCN(C(=O)OCc3ccccc3)CC2)cc1. The third-order valence-electron chi connectivity index (χ3n) is 4.59. The highest BCUT2D eigenvalue weighted by Crippen LogP contribution is 2.17. The number of benzene rings is 2. The smallest absolute Gasteiger partial charge is 0.410 e. The lowest BCUT2D eigenvalue weighted by Gasteiger charge is -2.34. The van der Waals surface area contributed by atoms with E-state index in [-0.39, 0.29) is 25.2 Å². The maximum absolute atomic E-state index is 12.4. The van der Waals surface area contributed by atoms with E-state index in [1.807, 2.05) is 49.4 Å². The number of carbonyl (C=O) groups is 2. The van der Waals surface area contributed by atoms with Crippen LogP contribution in [0.1, 0.15) is 12.5 Å². The van der Waals surface area contributed by atoms with Crippen LogP contribution in [0.5, 0.6) is 11.5 Å². The fourth-order valence-electron chi connectivity index (χ4n) is 2.98. The summed E-state index contributed by atoms with van der Waals surface area (Å²) in [6.07, 6.45) is -0.355. The van der Waals surface area contributed by atoms with E-state index in [2.05, 4.69) is 0 Å². The van der Waals surface area contributed by atoms with Crippen molar-refractivity contribution in [3.8, 4) is 11.5 Å². The molecular weight excluding hydrogens is 372 g/mol. The molecule has 2 amide bonds. The number of hydrogen-bond donors (Lipinski definition) is 0. The van der Waals surface area contributed by atoms with Crippen LogP contribution >= 0.6 is 0 Å². The second-order valence-electron chi connectivity index (χ2n) is 6.60. The summed E-state index contributed by atoms with van der Waals surface area (Å²) in [5, 5.41) is 0. The van der Waals surface area contributed by atoms with Crippen molar-refractivity contribution in [2.24, 2.45) is 0 Å². The Morgan fingerprint density at radius 2 is 1.41 bits per heavy atom. The molecular formula is C22H26N2O5. The number of rotatable bonds is 7. The number of ether oxygens (including phenoxy) is 3. The second-order valence-corrected chi connectivity index (χ2v) is 6.60. The molecule has 2 aromatic rings. The van der Waals surface area contributed by atoms with Gasteiger partial charge in [-0.3, -0.25) is 4.79 Å². The first kappa shape index (κ1) is 20.5. The quantitative estimate of drug-likeness (QED) is 0.717. The lowest BCUT2D eigenvalue weighted by molar-refractivity contribution is -0.135. The van der Waals surface area contributed by atoms with E-state index in [4.69, 9.17) is 14.2 Å². The number of piperazine rings is 1. The lowest BCUT2D eigenvalue weighted by Crippen LogP contribution is -2.51. The van der Waals surface area contributed by atoms with Crippen molar-refractivity contribution in [2.45, 2.75) is 13.5 Å². The minimum atomic E-state index is -0.355. The largest absolute Gasteiger partial charge is 0.494 e. The molecule has 1 aliphatic rings. The van der Waals surface area contributed by atoms with Crippen LogP contribution in [0.4, 0.5) is 4.79 Å². The zero-order valence-electron chi connectivity index (χ0n) is 16.6. The number of amides is 2. The third-order valence-corrected chi connectivity index (χ3v) is 4.59. The molecule has 2 aromatic carbocycles. The molecule has 0 spiro atoms. The Morgan fingerprint density at radius 3 is 2.03 bits per heavy atom. The molecule has 7 nitrogen and oxygen atoms in total. The highest BCUT2D eigenvalue weighted by molar-refractivity contribution is 5.78. The summed E-state index contributed by atoms with van der Waals surface area (Å²) < 4.78 is 16.3. The standard InChI is InChI=1S/C22H26N2O5/c1-2-27-19-8-10-20(11-9-19)28-17-21(25)23-12-14-24(15-13-23)22(26)29-16-18-6-4-3-5-7-18/h3-11H,2,12-17H2,1H3. The molecule has 7 heteroatoms. The van der Waals surface area contributed by atoms with E-state index in [1.54, 1.807) is 21.9 Å². The number of nitrogens with zero attached hydrogens (tertiary/aromatic N) is 2. The van der Waals surface area contributed by atoms with E-state index in [0.29, 0.717) is 38.5 Å². The van der Waals surface area contributed by atoms with E-state index in [9.17, 15) is 9.59 Å². The van der Waals surface area contributed by atoms with Crippen LogP contribution in [0, 0.1) is 0 Å². The monoisotopic (exact) mass is 398 g/mol. The minimum absolute atomic E-state index is 0.0353. The first-order valence-electron chi connectivity index (χ1n) is 9.75. The van der Waals surface area contributed by atoms with Crippen molar-refractivity contribution in [2.75, 3.05) is 39.4 Å². The van der Waals surface area contributed by atoms with Gasteiger partial charge < -0.3 is 24.0 Å². The molecule has 154 valence electrons. The molecule has 0 saturated carbocycles. The van der Waals surface area contributed by atoms with Gasteiger partial charge >= 0.3 is 6.09 Å². The Balaban J connectivity index is 1.38. The van der Waals surface area contributed by atoms with Crippen LogP contribution in [0.3, 0.4) is 0 Å². The Hall–Kier alpha value is -3.22. The summed E-state index contributed by atoms with van der Waals surface area (Å²) in [5.74, 6) is 1.28. The molecule has 1 heterocycles. The van der Waals surface area contributed by atoms with Crippen LogP contribution in [0.15, 0.2) is 54.6 Å². The fraction of sp³-hybridized carbons (Fsp3) is 0.364. The van der Waals surface area contributed by atoms with Crippen molar-refractivity contribution >= 4 is 12.0 Å². The van der Waals surface area contributed by atoms with Gasteiger partial charge in [0.1, 0.15) is 18.1 Å². The van der Waals surface area contributed by atoms with Crippen molar-refractivity contribution in [3.63, 3.8) is 0 Å². The molecule has 1 saturated heterocycles. The van der Waals surface area contributed by atoms with Crippen molar-refractivity contribution < 1.29 is 23.8 Å².